The third-order valence-electron chi connectivity index (χ3n) is 2.26. The van der Waals surface area contributed by atoms with E-state index in [2.05, 4.69) is 16.9 Å². The van der Waals surface area contributed by atoms with E-state index >= 15 is 0 Å². The van der Waals surface area contributed by atoms with Crippen molar-refractivity contribution < 1.29 is 9.15 Å². The Morgan fingerprint density at radius 3 is 3.31 bits per heavy atom. The standard InChI is InChI=1S/C9H14N2O2/c1-11-2-3-13-9(5-11)4-8-6-12-7-10-8/h6-7,9H,2-5H2,1H3. The third-order valence-corrected chi connectivity index (χ3v) is 2.26. The molecule has 1 aliphatic heterocycles. The molecule has 1 aromatic heterocycles. The predicted octanol–water partition coefficient (Wildman–Crippen LogP) is 0.548. The van der Waals surface area contributed by atoms with Crippen molar-refractivity contribution in [3.63, 3.8) is 0 Å². The van der Waals surface area contributed by atoms with E-state index in [1.807, 2.05) is 0 Å². The molecule has 72 valence electrons. The summed E-state index contributed by atoms with van der Waals surface area (Å²) in [6.07, 6.45) is 4.25. The highest BCUT2D eigenvalue weighted by Gasteiger charge is 2.18. The molecule has 2 heterocycles. The first-order chi connectivity index (χ1) is 6.34. The number of nitrogens with zero attached hydrogens (tertiary/aromatic N) is 2. The van der Waals surface area contributed by atoms with Crippen LogP contribution >= 0.6 is 0 Å². The van der Waals surface area contributed by atoms with E-state index in [4.69, 9.17) is 9.15 Å². The van der Waals surface area contributed by atoms with Crippen LogP contribution in [0.15, 0.2) is 17.1 Å². The monoisotopic (exact) mass is 182 g/mol. The Balaban J connectivity index is 1.87. The minimum atomic E-state index is 0.267. The van der Waals surface area contributed by atoms with Gasteiger partial charge in [0.1, 0.15) is 6.26 Å². The van der Waals surface area contributed by atoms with E-state index in [0.29, 0.717) is 0 Å². The van der Waals surface area contributed by atoms with E-state index < -0.39 is 0 Å². The lowest BCUT2D eigenvalue weighted by atomic mass is 10.2. The molecule has 1 saturated heterocycles. The Hall–Kier alpha value is -0.870. The Bertz CT molecular complexity index is 248. The van der Waals surface area contributed by atoms with E-state index in [1.54, 1.807) is 6.26 Å². The molecule has 0 bridgehead atoms. The zero-order valence-corrected chi connectivity index (χ0v) is 7.77. The third kappa shape index (κ3) is 2.29. The van der Waals surface area contributed by atoms with Crippen molar-refractivity contribution in [3.8, 4) is 0 Å². The summed E-state index contributed by atoms with van der Waals surface area (Å²) >= 11 is 0. The molecule has 1 atom stereocenters. The second-order valence-electron chi connectivity index (χ2n) is 3.44. The lowest BCUT2D eigenvalue weighted by Gasteiger charge is -2.29. The van der Waals surface area contributed by atoms with E-state index in [1.165, 1.54) is 6.39 Å². The number of ether oxygens (including phenoxy) is 1. The van der Waals surface area contributed by atoms with Crippen LogP contribution in [-0.4, -0.2) is 42.7 Å². The van der Waals surface area contributed by atoms with Crippen molar-refractivity contribution in [2.45, 2.75) is 12.5 Å². The summed E-state index contributed by atoms with van der Waals surface area (Å²) in [7, 11) is 2.11. The van der Waals surface area contributed by atoms with Crippen LogP contribution in [0.25, 0.3) is 0 Å². The van der Waals surface area contributed by atoms with Gasteiger partial charge in [-0.2, -0.15) is 0 Å². The minimum Gasteiger partial charge on any atom is -0.451 e. The van der Waals surface area contributed by atoms with Gasteiger partial charge in [-0.1, -0.05) is 0 Å². The summed E-state index contributed by atoms with van der Waals surface area (Å²) in [4.78, 5) is 6.34. The van der Waals surface area contributed by atoms with Crippen LogP contribution in [0.1, 0.15) is 5.69 Å². The molecular formula is C9H14N2O2. The molecule has 1 aliphatic rings. The topological polar surface area (TPSA) is 38.5 Å². The average Bonchev–Trinajstić information content (AvgIpc) is 2.57. The van der Waals surface area contributed by atoms with Crippen LogP contribution in [0.4, 0.5) is 0 Å². The highest BCUT2D eigenvalue weighted by atomic mass is 16.5. The van der Waals surface area contributed by atoms with Crippen molar-refractivity contribution in [2.24, 2.45) is 0 Å². The van der Waals surface area contributed by atoms with Crippen LogP contribution < -0.4 is 0 Å². The molecule has 0 radical (unpaired) electrons. The van der Waals surface area contributed by atoms with E-state index in [9.17, 15) is 0 Å². The highest BCUT2D eigenvalue weighted by Crippen LogP contribution is 2.08. The van der Waals surface area contributed by atoms with Crippen molar-refractivity contribution in [1.29, 1.82) is 0 Å². The van der Waals surface area contributed by atoms with Crippen LogP contribution in [0.2, 0.25) is 0 Å². The fourth-order valence-electron chi connectivity index (χ4n) is 1.56. The Kier molecular flexibility index (Phi) is 2.61. The van der Waals surface area contributed by atoms with Crippen molar-refractivity contribution >= 4 is 0 Å². The fourth-order valence-corrected chi connectivity index (χ4v) is 1.56. The number of hydrogen-bond donors (Lipinski definition) is 0. The molecule has 4 nitrogen and oxygen atoms in total. The van der Waals surface area contributed by atoms with Gasteiger partial charge in [-0.05, 0) is 7.05 Å². The highest BCUT2D eigenvalue weighted by molar-refractivity contribution is 4.94. The van der Waals surface area contributed by atoms with Gasteiger partial charge in [-0.25, -0.2) is 4.98 Å². The fraction of sp³-hybridized carbons (Fsp3) is 0.667. The number of aromatic nitrogens is 1. The number of hydrogen-bond acceptors (Lipinski definition) is 4. The zero-order chi connectivity index (χ0) is 9.10. The zero-order valence-electron chi connectivity index (χ0n) is 7.77. The van der Waals surface area contributed by atoms with Gasteiger partial charge in [0.25, 0.3) is 0 Å². The lowest BCUT2D eigenvalue weighted by Crippen LogP contribution is -2.40. The van der Waals surface area contributed by atoms with E-state index in [-0.39, 0.29) is 6.10 Å². The molecule has 0 saturated carbocycles. The Morgan fingerprint density at radius 2 is 2.62 bits per heavy atom. The first kappa shape index (κ1) is 8.72. The SMILES string of the molecule is CN1CCOC(Cc2cocn2)C1. The molecule has 0 amide bonds. The first-order valence-corrected chi connectivity index (χ1v) is 4.52. The summed E-state index contributed by atoms with van der Waals surface area (Å²) < 4.78 is 10.5. The summed E-state index contributed by atoms with van der Waals surface area (Å²) in [5, 5.41) is 0. The van der Waals surface area contributed by atoms with Gasteiger partial charge >= 0.3 is 0 Å². The molecule has 1 fully saturated rings. The van der Waals surface area contributed by atoms with Gasteiger partial charge in [0.15, 0.2) is 6.39 Å². The molecular weight excluding hydrogens is 168 g/mol. The number of oxazole rings is 1. The second kappa shape index (κ2) is 3.89. The lowest BCUT2D eigenvalue weighted by molar-refractivity contribution is -0.0190. The van der Waals surface area contributed by atoms with Crippen LogP contribution in [0.5, 0.6) is 0 Å². The smallest absolute Gasteiger partial charge is 0.180 e. The van der Waals surface area contributed by atoms with Gasteiger partial charge in [0.2, 0.25) is 0 Å². The van der Waals surface area contributed by atoms with Crippen LogP contribution in [-0.2, 0) is 11.2 Å². The second-order valence-corrected chi connectivity index (χ2v) is 3.44. The molecule has 13 heavy (non-hydrogen) atoms. The summed E-state index contributed by atoms with van der Waals surface area (Å²) in [6, 6.07) is 0. The maximum atomic E-state index is 5.60. The van der Waals surface area contributed by atoms with Crippen molar-refractivity contribution in [2.75, 3.05) is 26.7 Å². The minimum absolute atomic E-state index is 0.267. The quantitative estimate of drug-likeness (QED) is 0.669. The van der Waals surface area contributed by atoms with Crippen molar-refractivity contribution in [1.82, 2.24) is 9.88 Å². The van der Waals surface area contributed by atoms with Gasteiger partial charge in [0.05, 0.1) is 18.4 Å². The molecule has 2 rings (SSSR count). The summed E-state index contributed by atoms with van der Waals surface area (Å²) in [5.41, 5.74) is 0.973. The van der Waals surface area contributed by atoms with E-state index in [0.717, 1.165) is 31.8 Å². The normalized spacial score (nSPS) is 24.8. The Labute approximate surface area is 77.5 Å². The molecule has 0 spiro atoms. The maximum absolute atomic E-state index is 5.60. The predicted molar refractivity (Wildman–Crippen MR) is 47.4 cm³/mol. The average molecular weight is 182 g/mol. The van der Waals surface area contributed by atoms with Gasteiger partial charge < -0.3 is 14.1 Å². The molecule has 0 N–H and O–H groups in total. The van der Waals surface area contributed by atoms with Gasteiger partial charge in [-0.3, -0.25) is 0 Å². The number of morpholine rings is 1. The first-order valence-electron chi connectivity index (χ1n) is 4.52. The van der Waals surface area contributed by atoms with Crippen LogP contribution in [0, 0.1) is 0 Å². The van der Waals surface area contributed by atoms with Crippen LogP contribution in [0.3, 0.4) is 0 Å². The molecule has 4 heteroatoms. The largest absolute Gasteiger partial charge is 0.451 e. The number of rotatable bonds is 2. The summed E-state index contributed by atoms with van der Waals surface area (Å²) in [5.74, 6) is 0. The van der Waals surface area contributed by atoms with Gasteiger partial charge in [0, 0.05) is 19.5 Å². The molecule has 1 aromatic rings. The van der Waals surface area contributed by atoms with Crippen molar-refractivity contribution in [3.05, 3.63) is 18.4 Å². The van der Waals surface area contributed by atoms with Gasteiger partial charge in [-0.15, -0.1) is 0 Å². The summed E-state index contributed by atoms with van der Waals surface area (Å²) in [6.45, 7) is 2.82. The molecule has 1 unspecified atom stereocenters. The molecule has 0 aliphatic carbocycles. The Morgan fingerprint density at radius 1 is 1.69 bits per heavy atom. The number of likely N-dealkylation sites (N-methyl/N-ethyl adjacent to an activating group) is 1. The molecule has 0 aromatic carbocycles. The maximum Gasteiger partial charge on any atom is 0.180 e.